The minimum atomic E-state index is -0.301. The summed E-state index contributed by atoms with van der Waals surface area (Å²) in [6.07, 6.45) is 7.48. The molecule has 4 saturated carbocycles. The van der Waals surface area contributed by atoms with E-state index in [9.17, 15) is 15.0 Å². The van der Waals surface area contributed by atoms with Crippen LogP contribution in [0, 0.1) is 34.5 Å². The van der Waals surface area contributed by atoms with Crippen molar-refractivity contribution in [3.63, 3.8) is 0 Å². The number of aliphatic hydroxyl groups excluding tert-OH is 2. The van der Waals surface area contributed by atoms with Crippen LogP contribution in [-0.2, 0) is 9.53 Å². The molecule has 0 aromatic rings. The Hall–Kier alpha value is -0.610. The lowest BCUT2D eigenvalue weighted by Gasteiger charge is -2.62. The Kier molecular flexibility index (Phi) is 4.23. The number of fused-ring (bicyclic) bond motifs is 5. The minimum Gasteiger partial charge on any atom is -0.463 e. The molecule has 142 valence electrons. The Bertz CT molecular complexity index is 548. The third kappa shape index (κ3) is 2.58. The van der Waals surface area contributed by atoms with Crippen LogP contribution in [0.5, 0.6) is 0 Å². The van der Waals surface area contributed by atoms with Crippen molar-refractivity contribution in [3.8, 4) is 0 Å². The summed E-state index contributed by atoms with van der Waals surface area (Å²) in [4.78, 5) is 11.3. The molecule has 0 unspecified atom stereocenters. The smallest absolute Gasteiger partial charge is 0.302 e. The molecule has 4 nitrogen and oxygen atoms in total. The molecule has 0 radical (unpaired) electrons. The molecule has 0 aliphatic heterocycles. The Morgan fingerprint density at radius 3 is 2.32 bits per heavy atom. The van der Waals surface area contributed by atoms with Crippen LogP contribution in [0.4, 0.5) is 0 Å². The SMILES string of the molecule is CC(=O)O[C@H]1CC[C@]2(C)[C@@H]3CC[C@@]4(C)[C@H](CC[C@@H]4O)[C@@H]3C[C@H](O)[C@H]2C1. The van der Waals surface area contributed by atoms with Crippen molar-refractivity contribution in [2.75, 3.05) is 0 Å². The van der Waals surface area contributed by atoms with E-state index in [4.69, 9.17) is 4.74 Å². The average molecular weight is 350 g/mol. The molecule has 4 heteroatoms. The van der Waals surface area contributed by atoms with Gasteiger partial charge in [-0.15, -0.1) is 0 Å². The fraction of sp³-hybridized carbons (Fsp3) is 0.952. The first-order chi connectivity index (χ1) is 11.8. The van der Waals surface area contributed by atoms with Gasteiger partial charge in [0.15, 0.2) is 0 Å². The highest BCUT2D eigenvalue weighted by Crippen LogP contribution is 2.66. The van der Waals surface area contributed by atoms with Crippen molar-refractivity contribution in [1.82, 2.24) is 0 Å². The molecule has 4 aliphatic carbocycles. The number of rotatable bonds is 1. The molecule has 0 amide bonds. The van der Waals surface area contributed by atoms with Gasteiger partial charge in [0.1, 0.15) is 6.10 Å². The van der Waals surface area contributed by atoms with Crippen molar-refractivity contribution >= 4 is 5.97 Å². The highest BCUT2D eigenvalue weighted by molar-refractivity contribution is 5.66. The molecule has 25 heavy (non-hydrogen) atoms. The minimum absolute atomic E-state index is 0.0241. The third-order valence-corrected chi connectivity index (χ3v) is 8.91. The van der Waals surface area contributed by atoms with Gasteiger partial charge in [0.05, 0.1) is 12.2 Å². The molecule has 9 atom stereocenters. The lowest BCUT2D eigenvalue weighted by molar-refractivity contribution is -0.183. The lowest BCUT2D eigenvalue weighted by atomic mass is 9.44. The third-order valence-electron chi connectivity index (χ3n) is 8.91. The predicted octanol–water partition coefficient (Wildman–Crippen LogP) is 3.29. The van der Waals surface area contributed by atoms with Crippen LogP contribution in [0.1, 0.15) is 72.1 Å². The van der Waals surface area contributed by atoms with Crippen molar-refractivity contribution in [3.05, 3.63) is 0 Å². The molecule has 4 fully saturated rings. The van der Waals surface area contributed by atoms with Gasteiger partial charge in [-0.2, -0.15) is 0 Å². The van der Waals surface area contributed by atoms with Gasteiger partial charge >= 0.3 is 5.97 Å². The summed E-state index contributed by atoms with van der Waals surface area (Å²) in [7, 11) is 0. The first kappa shape index (κ1) is 17.8. The largest absolute Gasteiger partial charge is 0.463 e. The fourth-order valence-corrected chi connectivity index (χ4v) is 7.58. The zero-order chi connectivity index (χ0) is 18.0. The molecule has 4 aliphatic rings. The van der Waals surface area contributed by atoms with E-state index in [1.807, 2.05) is 0 Å². The average Bonchev–Trinajstić information content (AvgIpc) is 2.84. The van der Waals surface area contributed by atoms with Crippen molar-refractivity contribution < 1.29 is 19.7 Å². The van der Waals surface area contributed by atoms with Crippen LogP contribution in [-0.4, -0.2) is 34.5 Å². The number of carbonyl (C=O) groups excluding carboxylic acids is 1. The normalized spacial score (nSPS) is 55.0. The van der Waals surface area contributed by atoms with Gasteiger partial charge in [0.2, 0.25) is 0 Å². The second kappa shape index (κ2) is 5.95. The number of carbonyl (C=O) groups is 1. The van der Waals surface area contributed by atoms with Gasteiger partial charge in [-0.25, -0.2) is 0 Å². The van der Waals surface area contributed by atoms with Gasteiger partial charge in [-0.1, -0.05) is 13.8 Å². The van der Waals surface area contributed by atoms with E-state index in [0.29, 0.717) is 17.8 Å². The number of hydrogen-bond acceptors (Lipinski definition) is 4. The van der Waals surface area contributed by atoms with E-state index in [1.165, 1.54) is 13.3 Å². The second-order valence-electron chi connectivity index (χ2n) is 9.94. The zero-order valence-corrected chi connectivity index (χ0v) is 15.9. The molecule has 0 spiro atoms. The van der Waals surface area contributed by atoms with Gasteiger partial charge in [0, 0.05) is 6.92 Å². The summed E-state index contributed by atoms with van der Waals surface area (Å²) in [6.45, 7) is 6.15. The summed E-state index contributed by atoms with van der Waals surface area (Å²) < 4.78 is 5.49. The van der Waals surface area contributed by atoms with Gasteiger partial charge in [-0.3, -0.25) is 4.79 Å². The molecule has 2 N–H and O–H groups in total. The van der Waals surface area contributed by atoms with Crippen LogP contribution in [0.15, 0.2) is 0 Å². The van der Waals surface area contributed by atoms with Crippen LogP contribution in [0.3, 0.4) is 0 Å². The maximum absolute atomic E-state index is 11.3. The molecular weight excluding hydrogens is 316 g/mol. The van der Waals surface area contributed by atoms with Crippen molar-refractivity contribution in [2.24, 2.45) is 34.5 Å². The number of esters is 1. The zero-order valence-electron chi connectivity index (χ0n) is 15.9. The van der Waals surface area contributed by atoms with E-state index in [1.54, 1.807) is 0 Å². The summed E-state index contributed by atoms with van der Waals surface area (Å²) in [5.74, 6) is 1.77. The molecule has 0 bridgehead atoms. The molecule has 0 aromatic carbocycles. The summed E-state index contributed by atoms with van der Waals surface area (Å²) >= 11 is 0. The quantitative estimate of drug-likeness (QED) is 0.712. The molecular formula is C21H34O4. The van der Waals surface area contributed by atoms with E-state index < -0.39 is 0 Å². The fourth-order valence-electron chi connectivity index (χ4n) is 7.58. The topological polar surface area (TPSA) is 66.8 Å². The van der Waals surface area contributed by atoms with E-state index in [2.05, 4.69) is 13.8 Å². The molecule has 0 saturated heterocycles. The monoisotopic (exact) mass is 350 g/mol. The molecule has 0 heterocycles. The first-order valence-corrected chi connectivity index (χ1v) is 10.3. The standard InChI is InChI=1S/C21H34O4/c1-12(22)25-13-6-8-20(2)16-7-9-21(3)15(4-5-19(21)24)14(16)11-18(23)17(20)10-13/h13-19,23-24H,4-11H2,1-3H3/t13-,14-,15+,16+,17+,18-,19-,20+,21-/m0/s1. The van der Waals surface area contributed by atoms with Crippen LogP contribution in [0.2, 0.25) is 0 Å². The molecule has 4 rings (SSSR count). The second-order valence-corrected chi connectivity index (χ2v) is 9.94. The van der Waals surface area contributed by atoms with E-state index in [-0.39, 0.29) is 41.0 Å². The Labute approximate surface area is 151 Å². The van der Waals surface area contributed by atoms with E-state index >= 15 is 0 Å². The van der Waals surface area contributed by atoms with Crippen molar-refractivity contribution in [2.45, 2.75) is 90.4 Å². The Balaban J connectivity index is 1.58. The van der Waals surface area contributed by atoms with Crippen molar-refractivity contribution in [1.29, 1.82) is 0 Å². The number of ether oxygens (including phenoxy) is 1. The highest BCUT2D eigenvalue weighted by atomic mass is 16.5. The van der Waals surface area contributed by atoms with E-state index in [0.717, 1.165) is 44.9 Å². The summed E-state index contributed by atoms with van der Waals surface area (Å²) in [5, 5.41) is 21.6. The maximum Gasteiger partial charge on any atom is 0.302 e. The maximum atomic E-state index is 11.3. The number of hydrogen-bond donors (Lipinski definition) is 2. The van der Waals surface area contributed by atoms with Gasteiger partial charge in [0.25, 0.3) is 0 Å². The lowest BCUT2D eigenvalue weighted by Crippen LogP contribution is -2.58. The van der Waals surface area contributed by atoms with Crippen LogP contribution < -0.4 is 0 Å². The first-order valence-electron chi connectivity index (χ1n) is 10.3. The van der Waals surface area contributed by atoms with Crippen LogP contribution >= 0.6 is 0 Å². The number of aliphatic hydroxyl groups is 2. The van der Waals surface area contributed by atoms with Crippen LogP contribution in [0.25, 0.3) is 0 Å². The van der Waals surface area contributed by atoms with Gasteiger partial charge < -0.3 is 14.9 Å². The summed E-state index contributed by atoms with van der Waals surface area (Å²) in [5.41, 5.74) is 0.201. The highest BCUT2D eigenvalue weighted by Gasteiger charge is 2.62. The Morgan fingerprint density at radius 1 is 0.920 bits per heavy atom. The Morgan fingerprint density at radius 2 is 1.60 bits per heavy atom. The molecule has 0 aromatic heterocycles. The van der Waals surface area contributed by atoms with Gasteiger partial charge in [-0.05, 0) is 85.9 Å². The summed E-state index contributed by atoms with van der Waals surface area (Å²) in [6, 6.07) is 0. The predicted molar refractivity (Wildman–Crippen MR) is 94.7 cm³/mol.